The van der Waals surface area contributed by atoms with E-state index < -0.39 is 17.9 Å². The van der Waals surface area contributed by atoms with Crippen molar-refractivity contribution >= 4 is 17.9 Å². The van der Waals surface area contributed by atoms with E-state index in [4.69, 9.17) is 15.3 Å². The van der Waals surface area contributed by atoms with Crippen molar-refractivity contribution in [1.82, 2.24) is 0 Å². The Labute approximate surface area is 175 Å². The lowest BCUT2D eigenvalue weighted by molar-refractivity contribution is -0.929. The van der Waals surface area contributed by atoms with Crippen molar-refractivity contribution in [3.63, 3.8) is 0 Å². The van der Waals surface area contributed by atoms with Crippen molar-refractivity contribution in [3.8, 4) is 0 Å². The lowest BCUT2D eigenvalue weighted by atomic mass is 10.1. The van der Waals surface area contributed by atoms with Gasteiger partial charge in [-0.25, -0.2) is 0 Å². The lowest BCUT2D eigenvalue weighted by Gasteiger charge is -2.39. The van der Waals surface area contributed by atoms with Gasteiger partial charge in [0.25, 0.3) is 0 Å². The van der Waals surface area contributed by atoms with Crippen molar-refractivity contribution in [2.45, 2.75) is 84.0 Å². The standard InChI is InChI=1S/C22H39NO6/c1-2-3-4-5-6-7-8-9-16-23(17-10-13-20(24)25,18-11-14-21(26)27)19-12-15-22(28)29/h4-5H,2-3,6-19H2,1H3,(H2-,24,25,26,27,28,29)/p+1/b5-4+. The average Bonchev–Trinajstić information content (AvgIpc) is 2.63. The van der Waals surface area contributed by atoms with Crippen molar-refractivity contribution in [3.05, 3.63) is 12.2 Å². The van der Waals surface area contributed by atoms with Crippen molar-refractivity contribution in [1.29, 1.82) is 0 Å². The molecule has 0 spiro atoms. The zero-order valence-electron chi connectivity index (χ0n) is 18.0. The summed E-state index contributed by atoms with van der Waals surface area (Å²) in [6.45, 7) is 4.96. The SMILES string of the molecule is CCC/C=C/CCCCC[N+](CCCC(=O)O)(CCCC(=O)O)CCCC(=O)O. The molecule has 7 heteroatoms. The van der Waals surface area contributed by atoms with Gasteiger partial charge in [0.15, 0.2) is 0 Å². The number of aliphatic carboxylic acids is 3. The summed E-state index contributed by atoms with van der Waals surface area (Å²) in [5.41, 5.74) is 0. The Bertz CT molecular complexity index is 453. The van der Waals surface area contributed by atoms with Crippen LogP contribution in [0.4, 0.5) is 0 Å². The minimum Gasteiger partial charge on any atom is -0.481 e. The molecule has 29 heavy (non-hydrogen) atoms. The van der Waals surface area contributed by atoms with Gasteiger partial charge in [0.2, 0.25) is 0 Å². The van der Waals surface area contributed by atoms with Crippen LogP contribution in [0.3, 0.4) is 0 Å². The number of hydrogen-bond donors (Lipinski definition) is 3. The lowest BCUT2D eigenvalue weighted by Crippen LogP contribution is -2.51. The summed E-state index contributed by atoms with van der Waals surface area (Å²) in [5.74, 6) is -2.51. The minimum absolute atomic E-state index is 0.0834. The number of rotatable bonds is 20. The summed E-state index contributed by atoms with van der Waals surface area (Å²) in [7, 11) is 0. The smallest absolute Gasteiger partial charge is 0.303 e. The molecule has 0 fully saturated rings. The van der Waals surface area contributed by atoms with Gasteiger partial charge in [0.1, 0.15) is 0 Å². The molecular weight excluding hydrogens is 374 g/mol. The molecule has 0 saturated carbocycles. The van der Waals surface area contributed by atoms with E-state index >= 15 is 0 Å². The Morgan fingerprint density at radius 3 is 1.45 bits per heavy atom. The van der Waals surface area contributed by atoms with Crippen LogP contribution in [0.1, 0.15) is 84.0 Å². The van der Waals surface area contributed by atoms with Gasteiger partial charge >= 0.3 is 17.9 Å². The van der Waals surface area contributed by atoms with Crippen LogP contribution in [-0.4, -0.2) is 63.9 Å². The second kappa shape index (κ2) is 17.0. The van der Waals surface area contributed by atoms with E-state index in [-0.39, 0.29) is 19.3 Å². The number of unbranched alkanes of at least 4 members (excludes halogenated alkanes) is 4. The molecule has 168 valence electrons. The first-order valence-corrected chi connectivity index (χ1v) is 11.0. The number of carboxylic acid groups (broad SMARTS) is 3. The van der Waals surface area contributed by atoms with Gasteiger partial charge in [-0.05, 0) is 32.1 Å². The number of carboxylic acids is 3. The van der Waals surface area contributed by atoms with Crippen LogP contribution in [0.5, 0.6) is 0 Å². The first-order valence-electron chi connectivity index (χ1n) is 11.0. The zero-order valence-corrected chi connectivity index (χ0v) is 18.0. The molecule has 0 radical (unpaired) electrons. The highest BCUT2D eigenvalue weighted by Crippen LogP contribution is 2.18. The normalized spacial score (nSPS) is 11.8. The molecule has 0 heterocycles. The van der Waals surface area contributed by atoms with Crippen molar-refractivity contribution < 1.29 is 34.2 Å². The number of hydrogen-bond acceptors (Lipinski definition) is 3. The van der Waals surface area contributed by atoms with Gasteiger partial charge in [-0.3, -0.25) is 14.4 Å². The zero-order chi connectivity index (χ0) is 22.0. The molecule has 0 aromatic rings. The van der Waals surface area contributed by atoms with Crippen molar-refractivity contribution in [2.75, 3.05) is 26.2 Å². The summed E-state index contributed by atoms with van der Waals surface area (Å²) in [5, 5.41) is 26.9. The summed E-state index contributed by atoms with van der Waals surface area (Å²) in [4.78, 5) is 32.8. The molecule has 0 rings (SSSR count). The highest BCUT2D eigenvalue weighted by molar-refractivity contribution is 5.67. The van der Waals surface area contributed by atoms with E-state index in [2.05, 4.69) is 19.1 Å². The quantitative estimate of drug-likeness (QED) is 0.155. The molecule has 0 aliphatic carbocycles. The van der Waals surface area contributed by atoms with Crippen LogP contribution in [-0.2, 0) is 14.4 Å². The second-order valence-corrected chi connectivity index (χ2v) is 7.84. The van der Waals surface area contributed by atoms with Gasteiger partial charge in [-0.15, -0.1) is 0 Å². The molecule has 0 atom stereocenters. The Hall–Kier alpha value is -1.89. The number of nitrogens with zero attached hydrogens (tertiary/aromatic N) is 1. The Kier molecular flexibility index (Phi) is 15.9. The highest BCUT2D eigenvalue weighted by atomic mass is 16.4. The van der Waals surface area contributed by atoms with Gasteiger partial charge in [0, 0.05) is 19.3 Å². The average molecular weight is 415 g/mol. The van der Waals surface area contributed by atoms with Crippen LogP contribution in [0, 0.1) is 0 Å². The van der Waals surface area contributed by atoms with Crippen LogP contribution in [0.15, 0.2) is 12.2 Å². The van der Waals surface area contributed by atoms with Crippen LogP contribution in [0.25, 0.3) is 0 Å². The topological polar surface area (TPSA) is 112 Å². The molecule has 0 bridgehead atoms. The molecular formula is C22H40NO6+. The minimum atomic E-state index is -0.835. The number of allylic oxidation sites excluding steroid dienone is 2. The van der Waals surface area contributed by atoms with E-state index in [1.807, 2.05) is 0 Å². The third-order valence-electron chi connectivity index (χ3n) is 5.19. The summed E-state index contributed by atoms with van der Waals surface area (Å²) in [6, 6.07) is 0. The fourth-order valence-corrected chi connectivity index (χ4v) is 3.66. The van der Waals surface area contributed by atoms with Gasteiger partial charge in [-0.2, -0.15) is 0 Å². The Morgan fingerprint density at radius 2 is 1.03 bits per heavy atom. The molecule has 0 unspecified atom stereocenters. The molecule has 0 aromatic heterocycles. The van der Waals surface area contributed by atoms with Crippen LogP contribution in [0.2, 0.25) is 0 Å². The summed E-state index contributed by atoms with van der Waals surface area (Å²) >= 11 is 0. The van der Waals surface area contributed by atoms with Gasteiger partial charge in [0.05, 0.1) is 45.4 Å². The van der Waals surface area contributed by atoms with E-state index in [0.717, 1.165) is 45.1 Å². The van der Waals surface area contributed by atoms with E-state index in [9.17, 15) is 14.4 Å². The maximum Gasteiger partial charge on any atom is 0.303 e. The molecule has 3 N–H and O–H groups in total. The monoisotopic (exact) mass is 414 g/mol. The maximum absolute atomic E-state index is 10.9. The number of carbonyl (C=O) groups is 3. The maximum atomic E-state index is 10.9. The van der Waals surface area contributed by atoms with Gasteiger partial charge in [-0.1, -0.05) is 25.5 Å². The predicted octanol–water partition coefficient (Wildman–Crippen LogP) is 4.31. The summed E-state index contributed by atoms with van der Waals surface area (Å²) in [6.07, 6.45) is 12.7. The fraction of sp³-hybridized carbons (Fsp3) is 0.773. The predicted molar refractivity (Wildman–Crippen MR) is 113 cm³/mol. The molecule has 0 aromatic carbocycles. The van der Waals surface area contributed by atoms with E-state index in [1.165, 1.54) is 0 Å². The van der Waals surface area contributed by atoms with Gasteiger partial charge < -0.3 is 19.8 Å². The molecule has 0 aliphatic rings. The first kappa shape index (κ1) is 27.1. The second-order valence-electron chi connectivity index (χ2n) is 7.84. The number of quaternary nitrogens is 1. The molecule has 0 saturated heterocycles. The third-order valence-corrected chi connectivity index (χ3v) is 5.19. The Balaban J connectivity index is 4.81. The van der Waals surface area contributed by atoms with Crippen molar-refractivity contribution in [2.24, 2.45) is 0 Å². The molecule has 0 amide bonds. The molecule has 7 nitrogen and oxygen atoms in total. The van der Waals surface area contributed by atoms with E-state index in [0.29, 0.717) is 43.4 Å². The van der Waals surface area contributed by atoms with Crippen LogP contribution >= 0.6 is 0 Å². The largest absolute Gasteiger partial charge is 0.481 e. The fourth-order valence-electron chi connectivity index (χ4n) is 3.66. The van der Waals surface area contributed by atoms with E-state index in [1.54, 1.807) is 0 Å². The summed E-state index contributed by atoms with van der Waals surface area (Å²) < 4.78 is 0.625. The van der Waals surface area contributed by atoms with Crippen LogP contribution < -0.4 is 0 Å². The first-order chi connectivity index (χ1) is 13.8. The third kappa shape index (κ3) is 16.7. The molecule has 0 aliphatic heterocycles. The Morgan fingerprint density at radius 1 is 0.621 bits per heavy atom. The highest BCUT2D eigenvalue weighted by Gasteiger charge is 2.27.